The topological polar surface area (TPSA) is 39.3 Å². The first-order chi connectivity index (χ1) is 7.69. The SMILES string of the molecule is CC#CN(C)Cc1cc2cc(O)ccc2[nH]1. The second-order valence-corrected chi connectivity index (χ2v) is 3.78. The molecule has 0 bridgehead atoms. The number of hydrogen-bond acceptors (Lipinski definition) is 2. The van der Waals surface area contributed by atoms with Crippen LogP contribution >= 0.6 is 0 Å². The second-order valence-electron chi connectivity index (χ2n) is 3.78. The van der Waals surface area contributed by atoms with Crippen molar-refractivity contribution < 1.29 is 5.11 Å². The number of H-pyrrole nitrogens is 1. The smallest absolute Gasteiger partial charge is 0.116 e. The van der Waals surface area contributed by atoms with E-state index in [0.29, 0.717) is 5.75 Å². The van der Waals surface area contributed by atoms with Crippen molar-refractivity contribution in [2.75, 3.05) is 7.05 Å². The fourth-order valence-electron chi connectivity index (χ4n) is 1.75. The summed E-state index contributed by atoms with van der Waals surface area (Å²) in [5.74, 6) is 3.14. The molecule has 1 aromatic heterocycles. The molecule has 2 rings (SSSR count). The predicted molar refractivity (Wildman–Crippen MR) is 64.9 cm³/mol. The van der Waals surface area contributed by atoms with Gasteiger partial charge in [0.1, 0.15) is 5.75 Å². The van der Waals surface area contributed by atoms with Crippen LogP contribution in [0.5, 0.6) is 5.75 Å². The second kappa shape index (κ2) is 4.19. The minimum absolute atomic E-state index is 0.291. The van der Waals surface area contributed by atoms with Crippen LogP contribution in [0.25, 0.3) is 10.9 Å². The molecule has 1 heterocycles. The van der Waals surface area contributed by atoms with E-state index in [4.69, 9.17) is 0 Å². The maximum atomic E-state index is 9.36. The Labute approximate surface area is 94.7 Å². The van der Waals surface area contributed by atoms with E-state index in [1.165, 1.54) is 0 Å². The molecule has 2 N–H and O–H groups in total. The zero-order chi connectivity index (χ0) is 11.5. The number of aromatic hydroxyl groups is 1. The molecule has 0 atom stereocenters. The molecule has 82 valence electrons. The summed E-state index contributed by atoms with van der Waals surface area (Å²) >= 11 is 0. The maximum absolute atomic E-state index is 9.36. The highest BCUT2D eigenvalue weighted by Gasteiger charge is 2.02. The molecule has 0 fully saturated rings. The normalized spacial score (nSPS) is 9.88. The Bertz CT molecular complexity index is 560. The van der Waals surface area contributed by atoms with Gasteiger partial charge >= 0.3 is 0 Å². The standard InChI is InChI=1S/C13H14N2O/c1-3-6-15(2)9-11-7-10-8-12(16)4-5-13(10)14-11/h4-5,7-8,14,16H,9H2,1-2H3. The first-order valence-corrected chi connectivity index (χ1v) is 5.13. The quantitative estimate of drug-likeness (QED) is 0.594. The summed E-state index contributed by atoms with van der Waals surface area (Å²) in [6, 6.07) is 10.3. The molecule has 2 aromatic rings. The van der Waals surface area contributed by atoms with Gasteiger partial charge in [-0.15, -0.1) is 0 Å². The van der Waals surface area contributed by atoms with Gasteiger partial charge in [-0.05, 0) is 31.2 Å². The lowest BCUT2D eigenvalue weighted by Crippen LogP contribution is -2.10. The zero-order valence-corrected chi connectivity index (χ0v) is 9.41. The van der Waals surface area contributed by atoms with Crippen molar-refractivity contribution >= 4 is 10.9 Å². The third-order valence-electron chi connectivity index (χ3n) is 2.37. The number of hydrogen-bond donors (Lipinski definition) is 2. The molecule has 0 unspecified atom stereocenters. The lowest BCUT2D eigenvalue weighted by Gasteiger charge is -2.08. The fraction of sp³-hybridized carbons (Fsp3) is 0.231. The Morgan fingerprint density at radius 2 is 2.19 bits per heavy atom. The maximum Gasteiger partial charge on any atom is 0.116 e. The summed E-state index contributed by atoms with van der Waals surface area (Å²) in [6.45, 7) is 2.57. The molecule has 0 aliphatic carbocycles. The molecule has 0 saturated heterocycles. The number of phenolic OH excluding ortho intramolecular Hbond substituents is 1. The van der Waals surface area contributed by atoms with Crippen LogP contribution in [-0.2, 0) is 6.54 Å². The number of fused-ring (bicyclic) bond motifs is 1. The van der Waals surface area contributed by atoms with E-state index in [2.05, 4.69) is 16.9 Å². The highest BCUT2D eigenvalue weighted by molar-refractivity contribution is 5.81. The van der Waals surface area contributed by atoms with Crippen molar-refractivity contribution in [2.24, 2.45) is 0 Å². The summed E-state index contributed by atoms with van der Waals surface area (Å²) < 4.78 is 0. The van der Waals surface area contributed by atoms with Gasteiger partial charge in [-0.25, -0.2) is 0 Å². The molecule has 0 aliphatic rings. The number of benzene rings is 1. The van der Waals surface area contributed by atoms with Gasteiger partial charge in [-0.2, -0.15) is 0 Å². The molecule has 0 radical (unpaired) electrons. The molecule has 0 saturated carbocycles. The van der Waals surface area contributed by atoms with Gasteiger partial charge in [-0.1, -0.05) is 5.92 Å². The van der Waals surface area contributed by atoms with Crippen LogP contribution in [0, 0.1) is 12.0 Å². The van der Waals surface area contributed by atoms with Crippen molar-refractivity contribution in [3.8, 4) is 17.7 Å². The summed E-state index contributed by atoms with van der Waals surface area (Å²) in [7, 11) is 1.94. The largest absolute Gasteiger partial charge is 0.508 e. The number of aromatic amines is 1. The van der Waals surface area contributed by atoms with Crippen LogP contribution in [0.15, 0.2) is 24.3 Å². The Kier molecular flexibility index (Phi) is 2.74. The van der Waals surface area contributed by atoms with Crippen LogP contribution < -0.4 is 0 Å². The van der Waals surface area contributed by atoms with E-state index < -0.39 is 0 Å². The Morgan fingerprint density at radius 1 is 1.38 bits per heavy atom. The van der Waals surface area contributed by atoms with Crippen LogP contribution in [0.4, 0.5) is 0 Å². The van der Waals surface area contributed by atoms with Gasteiger partial charge in [0, 0.05) is 29.7 Å². The average Bonchev–Trinajstić information content (AvgIpc) is 2.59. The minimum atomic E-state index is 0.291. The van der Waals surface area contributed by atoms with Crippen molar-refractivity contribution in [3.05, 3.63) is 30.0 Å². The first kappa shape index (κ1) is 10.4. The number of nitrogens with one attached hydrogen (secondary N) is 1. The summed E-state index contributed by atoms with van der Waals surface area (Å²) in [6.07, 6.45) is 0. The number of rotatable bonds is 2. The average molecular weight is 214 g/mol. The van der Waals surface area contributed by atoms with E-state index in [9.17, 15) is 5.11 Å². The third-order valence-corrected chi connectivity index (χ3v) is 2.37. The van der Waals surface area contributed by atoms with E-state index >= 15 is 0 Å². The van der Waals surface area contributed by atoms with Crippen molar-refractivity contribution in [1.29, 1.82) is 0 Å². The van der Waals surface area contributed by atoms with E-state index in [1.807, 2.05) is 31.0 Å². The zero-order valence-electron chi connectivity index (χ0n) is 9.41. The highest BCUT2D eigenvalue weighted by Crippen LogP contribution is 2.20. The lowest BCUT2D eigenvalue weighted by atomic mass is 10.2. The molecule has 16 heavy (non-hydrogen) atoms. The monoisotopic (exact) mass is 214 g/mol. The predicted octanol–water partition coefficient (Wildman–Crippen LogP) is 2.29. The van der Waals surface area contributed by atoms with Gasteiger partial charge in [0.05, 0.1) is 6.54 Å². The van der Waals surface area contributed by atoms with E-state index in [1.54, 1.807) is 12.1 Å². The molecule has 3 heteroatoms. The Morgan fingerprint density at radius 3 is 2.94 bits per heavy atom. The number of phenols is 1. The molecular formula is C13H14N2O. The number of nitrogens with zero attached hydrogens (tertiary/aromatic N) is 1. The Hall–Kier alpha value is -2.08. The van der Waals surface area contributed by atoms with Crippen LogP contribution in [0.2, 0.25) is 0 Å². The van der Waals surface area contributed by atoms with Crippen LogP contribution in [-0.4, -0.2) is 22.0 Å². The molecular weight excluding hydrogens is 200 g/mol. The van der Waals surface area contributed by atoms with E-state index in [-0.39, 0.29) is 0 Å². The van der Waals surface area contributed by atoms with Crippen LogP contribution in [0.1, 0.15) is 12.6 Å². The van der Waals surface area contributed by atoms with Crippen molar-refractivity contribution in [1.82, 2.24) is 9.88 Å². The van der Waals surface area contributed by atoms with Crippen LogP contribution in [0.3, 0.4) is 0 Å². The molecule has 1 aromatic carbocycles. The third kappa shape index (κ3) is 2.12. The van der Waals surface area contributed by atoms with E-state index in [0.717, 1.165) is 23.1 Å². The minimum Gasteiger partial charge on any atom is -0.508 e. The first-order valence-electron chi connectivity index (χ1n) is 5.13. The van der Waals surface area contributed by atoms with Gasteiger partial charge < -0.3 is 15.0 Å². The summed E-state index contributed by atoms with van der Waals surface area (Å²) in [5.41, 5.74) is 2.12. The fourth-order valence-corrected chi connectivity index (χ4v) is 1.75. The van der Waals surface area contributed by atoms with Gasteiger partial charge in [-0.3, -0.25) is 0 Å². The van der Waals surface area contributed by atoms with Gasteiger partial charge in [0.15, 0.2) is 0 Å². The molecule has 0 spiro atoms. The Balaban J connectivity index is 2.28. The summed E-state index contributed by atoms with van der Waals surface area (Å²) in [5, 5.41) is 10.4. The van der Waals surface area contributed by atoms with Crippen molar-refractivity contribution in [3.63, 3.8) is 0 Å². The lowest BCUT2D eigenvalue weighted by molar-refractivity contribution is 0.472. The molecule has 3 nitrogen and oxygen atoms in total. The molecule has 0 amide bonds. The van der Waals surface area contributed by atoms with Gasteiger partial charge in [0.2, 0.25) is 0 Å². The highest BCUT2D eigenvalue weighted by atomic mass is 16.3. The summed E-state index contributed by atoms with van der Waals surface area (Å²) in [4.78, 5) is 5.21. The van der Waals surface area contributed by atoms with Crippen molar-refractivity contribution in [2.45, 2.75) is 13.5 Å². The van der Waals surface area contributed by atoms with Gasteiger partial charge in [0.25, 0.3) is 0 Å². The number of aromatic nitrogens is 1. The molecule has 0 aliphatic heterocycles.